The summed E-state index contributed by atoms with van der Waals surface area (Å²) in [5.74, 6) is 0.191. The van der Waals surface area contributed by atoms with Crippen LogP contribution in [0.4, 0.5) is 0 Å². The van der Waals surface area contributed by atoms with Gasteiger partial charge >= 0.3 is 0 Å². The van der Waals surface area contributed by atoms with E-state index in [1.54, 1.807) is 0 Å². The first kappa shape index (κ1) is 17.7. The predicted octanol–water partition coefficient (Wildman–Crippen LogP) is 5.10. The molecular weight excluding hydrogens is 303 g/mol. The maximum atomic E-state index is 13.8. The largest absolute Gasteiger partial charge is 0.310 e. The zero-order valence-electron chi connectivity index (χ0n) is 14.6. The van der Waals surface area contributed by atoms with Gasteiger partial charge in [0.2, 0.25) is 5.52 Å². The average molecular weight is 328 g/mol. The number of rotatable bonds is 5. The van der Waals surface area contributed by atoms with Crippen LogP contribution in [0.15, 0.2) is 42.5 Å². The van der Waals surface area contributed by atoms with E-state index < -0.39 is 7.14 Å². The monoisotopic (exact) mass is 328 g/mol. The van der Waals surface area contributed by atoms with E-state index in [4.69, 9.17) is 0 Å². The Morgan fingerprint density at radius 1 is 1.00 bits per heavy atom. The van der Waals surface area contributed by atoms with Gasteiger partial charge in [-0.05, 0) is 37.8 Å². The third-order valence-corrected chi connectivity index (χ3v) is 7.27. The Kier molecular flexibility index (Phi) is 5.26. The van der Waals surface area contributed by atoms with Crippen LogP contribution in [0.5, 0.6) is 0 Å². The molecule has 0 aliphatic rings. The number of hydrogen-bond donors (Lipinski definition) is 0. The molecule has 0 saturated heterocycles. The molecule has 0 spiro atoms. The van der Waals surface area contributed by atoms with Crippen molar-refractivity contribution in [2.24, 2.45) is 5.92 Å². The second-order valence-corrected chi connectivity index (χ2v) is 9.50. The summed E-state index contributed by atoms with van der Waals surface area (Å²) in [6.45, 7) is 9.89. The van der Waals surface area contributed by atoms with Crippen molar-refractivity contribution in [1.29, 1.82) is 0 Å². The first-order chi connectivity index (χ1) is 10.8. The van der Waals surface area contributed by atoms with E-state index in [-0.39, 0.29) is 11.4 Å². The molecule has 2 rings (SSSR count). The van der Waals surface area contributed by atoms with Crippen molar-refractivity contribution in [2.75, 3.05) is 6.16 Å². The van der Waals surface area contributed by atoms with Gasteiger partial charge in [0.25, 0.3) is 0 Å². The minimum absolute atomic E-state index is 0.191. The fourth-order valence-corrected chi connectivity index (χ4v) is 6.19. The van der Waals surface area contributed by atoms with Gasteiger partial charge in [0.1, 0.15) is 0 Å². The van der Waals surface area contributed by atoms with Crippen molar-refractivity contribution in [3.8, 4) is 0 Å². The van der Waals surface area contributed by atoms with Crippen molar-refractivity contribution in [1.82, 2.24) is 0 Å². The molecule has 3 heteroatoms. The van der Waals surface area contributed by atoms with Gasteiger partial charge in [-0.1, -0.05) is 61.9 Å². The Morgan fingerprint density at radius 3 is 2.00 bits per heavy atom. The third-order valence-electron chi connectivity index (χ3n) is 4.01. The van der Waals surface area contributed by atoms with E-state index in [2.05, 4.69) is 0 Å². The first-order valence-corrected chi connectivity index (χ1v) is 9.92. The molecule has 0 radical (unpaired) electrons. The second kappa shape index (κ2) is 6.84. The molecule has 0 saturated carbocycles. The van der Waals surface area contributed by atoms with E-state index in [1.807, 2.05) is 77.1 Å². The van der Waals surface area contributed by atoms with Crippen molar-refractivity contribution >= 4 is 18.0 Å². The number of benzene rings is 2. The smallest absolute Gasteiger partial charge is 0.226 e. The van der Waals surface area contributed by atoms with Crippen LogP contribution in [0, 0.1) is 26.7 Å². The number of carbonyl (C=O) groups is 1. The molecule has 0 aromatic heterocycles. The minimum atomic E-state index is -3.15. The third kappa shape index (κ3) is 3.64. The fourth-order valence-electron chi connectivity index (χ4n) is 3.19. The van der Waals surface area contributed by atoms with Crippen LogP contribution in [0.1, 0.15) is 40.9 Å². The molecular formula is C20H25O2P. The first-order valence-electron chi connectivity index (χ1n) is 8.03. The summed E-state index contributed by atoms with van der Waals surface area (Å²) in [6.07, 6.45) is 0.405. The van der Waals surface area contributed by atoms with E-state index in [0.717, 1.165) is 16.7 Å². The topological polar surface area (TPSA) is 34.1 Å². The quantitative estimate of drug-likeness (QED) is 0.716. The van der Waals surface area contributed by atoms with E-state index >= 15 is 0 Å². The van der Waals surface area contributed by atoms with Gasteiger partial charge in [0, 0.05) is 17.0 Å². The van der Waals surface area contributed by atoms with Gasteiger partial charge in [-0.15, -0.1) is 0 Å². The molecule has 0 aliphatic heterocycles. The van der Waals surface area contributed by atoms with Crippen molar-refractivity contribution in [3.05, 3.63) is 64.7 Å². The van der Waals surface area contributed by atoms with Crippen LogP contribution in [0.3, 0.4) is 0 Å². The van der Waals surface area contributed by atoms with Crippen LogP contribution >= 0.6 is 7.14 Å². The lowest BCUT2D eigenvalue weighted by molar-refractivity contribution is 0.107. The normalized spacial score (nSPS) is 13.8. The summed E-state index contributed by atoms with van der Waals surface area (Å²) in [5, 5.41) is 0.665. The molecule has 0 heterocycles. The highest BCUT2D eigenvalue weighted by Crippen LogP contribution is 2.50. The molecule has 2 aromatic rings. The maximum absolute atomic E-state index is 13.8. The standard InChI is InChI=1S/C20H25O2P/c1-14(2)13-23(22,18-9-7-6-8-10-18)20(21)19-16(4)11-15(3)12-17(19)5/h6-12,14H,13H2,1-5H3. The van der Waals surface area contributed by atoms with Gasteiger partial charge in [-0.3, -0.25) is 4.79 Å². The minimum Gasteiger partial charge on any atom is -0.310 e. The number of aryl methyl sites for hydroxylation is 3. The van der Waals surface area contributed by atoms with Crippen molar-refractivity contribution in [2.45, 2.75) is 34.6 Å². The SMILES string of the molecule is Cc1cc(C)c(C(=O)P(=O)(CC(C)C)c2ccccc2)c(C)c1. The Balaban J connectivity index is 2.62. The fraction of sp³-hybridized carbons (Fsp3) is 0.350. The molecule has 2 aromatic carbocycles. The summed E-state index contributed by atoms with van der Waals surface area (Å²) in [7, 11) is -3.15. The molecule has 2 nitrogen and oxygen atoms in total. The molecule has 122 valence electrons. The Bertz CT molecular complexity index is 737. The molecule has 0 bridgehead atoms. The Labute approximate surface area is 139 Å². The lowest BCUT2D eigenvalue weighted by atomic mass is 10.0. The summed E-state index contributed by atoms with van der Waals surface area (Å²) in [5.41, 5.74) is 3.37. The summed E-state index contributed by atoms with van der Waals surface area (Å²) < 4.78 is 13.8. The van der Waals surface area contributed by atoms with Crippen LogP contribution in [0.2, 0.25) is 0 Å². The zero-order chi connectivity index (χ0) is 17.2. The molecule has 0 fully saturated rings. The van der Waals surface area contributed by atoms with Crippen molar-refractivity contribution < 1.29 is 9.36 Å². The van der Waals surface area contributed by atoms with Gasteiger partial charge in [-0.25, -0.2) is 0 Å². The molecule has 23 heavy (non-hydrogen) atoms. The highest BCUT2D eigenvalue weighted by Gasteiger charge is 2.36. The van der Waals surface area contributed by atoms with Crippen molar-refractivity contribution in [3.63, 3.8) is 0 Å². The molecule has 0 N–H and O–H groups in total. The van der Waals surface area contributed by atoms with Crippen LogP contribution in [0.25, 0.3) is 0 Å². The lowest BCUT2D eigenvalue weighted by Crippen LogP contribution is -2.19. The Hall–Kier alpha value is -1.66. The molecule has 0 aliphatic carbocycles. The van der Waals surface area contributed by atoms with Crippen LogP contribution in [-0.4, -0.2) is 11.7 Å². The zero-order valence-corrected chi connectivity index (χ0v) is 15.5. The highest BCUT2D eigenvalue weighted by atomic mass is 31.2. The van der Waals surface area contributed by atoms with E-state index in [0.29, 0.717) is 17.0 Å². The number of carbonyl (C=O) groups excluding carboxylic acids is 1. The summed E-state index contributed by atoms with van der Waals surface area (Å²) in [6, 6.07) is 13.2. The van der Waals surface area contributed by atoms with Crippen LogP contribution in [-0.2, 0) is 4.57 Å². The van der Waals surface area contributed by atoms with E-state index in [1.165, 1.54) is 0 Å². The Morgan fingerprint density at radius 2 is 1.52 bits per heavy atom. The predicted molar refractivity (Wildman–Crippen MR) is 98.4 cm³/mol. The molecule has 0 amide bonds. The average Bonchev–Trinajstić information content (AvgIpc) is 2.46. The lowest BCUT2D eigenvalue weighted by Gasteiger charge is -2.21. The molecule has 1 atom stereocenters. The maximum Gasteiger partial charge on any atom is 0.226 e. The van der Waals surface area contributed by atoms with Gasteiger partial charge in [-0.2, -0.15) is 0 Å². The van der Waals surface area contributed by atoms with E-state index in [9.17, 15) is 9.36 Å². The summed E-state index contributed by atoms with van der Waals surface area (Å²) >= 11 is 0. The second-order valence-electron chi connectivity index (χ2n) is 6.73. The van der Waals surface area contributed by atoms with Gasteiger partial charge in [0.15, 0.2) is 7.14 Å². The highest BCUT2D eigenvalue weighted by molar-refractivity contribution is 7.87. The van der Waals surface area contributed by atoms with Crippen LogP contribution < -0.4 is 5.30 Å². The number of hydrogen-bond acceptors (Lipinski definition) is 2. The van der Waals surface area contributed by atoms with Gasteiger partial charge < -0.3 is 4.57 Å². The molecule has 1 unspecified atom stereocenters. The van der Waals surface area contributed by atoms with Gasteiger partial charge in [0.05, 0.1) is 0 Å². The summed E-state index contributed by atoms with van der Waals surface area (Å²) in [4.78, 5) is 13.3.